The second-order valence-corrected chi connectivity index (χ2v) is 10.1. The predicted octanol–water partition coefficient (Wildman–Crippen LogP) is 4.64. The average molecular weight is 485 g/mol. The summed E-state index contributed by atoms with van der Waals surface area (Å²) in [6.07, 6.45) is 7.38. The first-order valence-corrected chi connectivity index (χ1v) is 12.4. The van der Waals surface area contributed by atoms with E-state index in [0.717, 1.165) is 67.7 Å². The maximum absolute atomic E-state index is 10.6. The van der Waals surface area contributed by atoms with Crippen molar-refractivity contribution in [1.29, 1.82) is 5.26 Å². The molecule has 0 amide bonds. The average Bonchev–Trinajstić information content (AvgIpc) is 2.86. The molecule has 2 aliphatic rings. The molecule has 0 radical (unpaired) electrons. The number of aromatic nitrogens is 2. The van der Waals surface area contributed by atoms with Crippen LogP contribution in [-0.2, 0) is 15.9 Å². The molecule has 0 atom stereocenters. The Morgan fingerprint density at radius 2 is 2.03 bits per heavy atom. The molecule has 0 aromatic carbocycles. The van der Waals surface area contributed by atoms with Crippen LogP contribution in [0.15, 0.2) is 30.5 Å². The summed E-state index contributed by atoms with van der Waals surface area (Å²) in [4.78, 5) is 9.33. The Labute approximate surface area is 206 Å². The summed E-state index contributed by atoms with van der Waals surface area (Å²) >= 11 is 6.51. The van der Waals surface area contributed by atoms with E-state index in [1.165, 1.54) is 0 Å². The van der Waals surface area contributed by atoms with Crippen molar-refractivity contribution >= 4 is 17.4 Å². The lowest BCUT2D eigenvalue weighted by Crippen LogP contribution is -2.38. The van der Waals surface area contributed by atoms with Crippen LogP contribution in [0, 0.1) is 22.7 Å². The zero-order chi connectivity index (χ0) is 24.0. The number of pyridine rings is 2. The third kappa shape index (κ3) is 6.05. The highest BCUT2D eigenvalue weighted by molar-refractivity contribution is 6.33. The molecular weight excluding hydrogens is 452 g/mol. The SMILES string of the molecule is COCC1(O)CCC(Cc2cc(-c3cccc(NCC4(C#N)CCOCC4)n3)c(Cl)cn2)CC1. The molecule has 2 aromatic rings. The van der Waals surface area contributed by atoms with E-state index in [2.05, 4.69) is 16.4 Å². The minimum Gasteiger partial charge on any atom is -0.387 e. The number of aliphatic hydroxyl groups is 1. The van der Waals surface area contributed by atoms with E-state index in [-0.39, 0.29) is 0 Å². The Morgan fingerprint density at radius 3 is 2.74 bits per heavy atom. The molecule has 0 bridgehead atoms. The highest BCUT2D eigenvalue weighted by atomic mass is 35.5. The van der Waals surface area contributed by atoms with Crippen molar-refractivity contribution in [2.75, 3.05) is 38.8 Å². The number of nitrogens with one attached hydrogen (secondary N) is 1. The van der Waals surface area contributed by atoms with Gasteiger partial charge in [-0.1, -0.05) is 17.7 Å². The standard InChI is InChI=1S/C26H33ClN4O3/c1-33-18-26(32)7-5-19(6-8-26)13-20-14-21(22(27)15-29-20)23-3-2-4-24(31-23)30-17-25(16-28)9-11-34-12-10-25/h2-4,14-15,19,32H,5-13,17-18H2,1H3,(H,30,31). The largest absolute Gasteiger partial charge is 0.387 e. The molecule has 1 aliphatic heterocycles. The zero-order valence-corrected chi connectivity index (χ0v) is 20.5. The van der Waals surface area contributed by atoms with Crippen LogP contribution in [0.2, 0.25) is 5.02 Å². The summed E-state index contributed by atoms with van der Waals surface area (Å²) in [7, 11) is 1.63. The monoisotopic (exact) mass is 484 g/mol. The molecule has 1 aliphatic carbocycles. The van der Waals surface area contributed by atoms with Gasteiger partial charge in [0.05, 0.1) is 34.4 Å². The Balaban J connectivity index is 1.43. The van der Waals surface area contributed by atoms with Gasteiger partial charge in [-0.15, -0.1) is 0 Å². The molecule has 34 heavy (non-hydrogen) atoms. The van der Waals surface area contributed by atoms with Gasteiger partial charge in [-0.25, -0.2) is 4.98 Å². The third-order valence-corrected chi connectivity index (χ3v) is 7.48. The molecule has 8 heteroatoms. The molecule has 2 fully saturated rings. The molecule has 1 saturated carbocycles. The summed E-state index contributed by atoms with van der Waals surface area (Å²) < 4.78 is 10.6. The number of hydrogen-bond donors (Lipinski definition) is 2. The number of halogens is 1. The van der Waals surface area contributed by atoms with Crippen LogP contribution in [0.5, 0.6) is 0 Å². The molecule has 182 valence electrons. The van der Waals surface area contributed by atoms with E-state index >= 15 is 0 Å². The van der Waals surface area contributed by atoms with Crippen LogP contribution in [-0.4, -0.2) is 54.2 Å². The first kappa shape index (κ1) is 24.9. The van der Waals surface area contributed by atoms with Gasteiger partial charge in [0, 0.05) is 44.3 Å². The first-order chi connectivity index (χ1) is 16.4. The summed E-state index contributed by atoms with van der Waals surface area (Å²) in [6, 6.07) is 10.3. The van der Waals surface area contributed by atoms with E-state index < -0.39 is 11.0 Å². The third-order valence-electron chi connectivity index (χ3n) is 7.18. The van der Waals surface area contributed by atoms with Crippen molar-refractivity contribution < 1.29 is 14.6 Å². The molecule has 3 heterocycles. The lowest BCUT2D eigenvalue weighted by molar-refractivity contribution is -0.0642. The number of hydrogen-bond acceptors (Lipinski definition) is 7. The summed E-state index contributed by atoms with van der Waals surface area (Å²) in [5, 5.41) is 24.2. The second kappa shape index (κ2) is 11.0. The van der Waals surface area contributed by atoms with Crippen molar-refractivity contribution in [1.82, 2.24) is 9.97 Å². The molecule has 0 unspecified atom stereocenters. The Kier molecular flexibility index (Phi) is 8.05. The van der Waals surface area contributed by atoms with Crippen molar-refractivity contribution in [3.05, 3.63) is 41.2 Å². The smallest absolute Gasteiger partial charge is 0.126 e. The molecule has 7 nitrogen and oxygen atoms in total. The fourth-order valence-electron chi connectivity index (χ4n) is 4.95. The number of anilines is 1. The van der Waals surface area contributed by atoms with Gasteiger partial charge in [0.15, 0.2) is 0 Å². The van der Waals surface area contributed by atoms with Crippen LogP contribution >= 0.6 is 11.6 Å². The van der Waals surface area contributed by atoms with Crippen molar-refractivity contribution in [3.63, 3.8) is 0 Å². The molecule has 4 rings (SSSR count). The van der Waals surface area contributed by atoms with E-state index in [4.69, 9.17) is 26.1 Å². The number of ether oxygens (including phenoxy) is 2. The zero-order valence-electron chi connectivity index (χ0n) is 19.7. The van der Waals surface area contributed by atoms with Gasteiger partial charge in [-0.2, -0.15) is 5.26 Å². The van der Waals surface area contributed by atoms with Gasteiger partial charge in [-0.3, -0.25) is 4.98 Å². The van der Waals surface area contributed by atoms with E-state index in [9.17, 15) is 10.4 Å². The van der Waals surface area contributed by atoms with Gasteiger partial charge in [-0.05, 0) is 69.1 Å². The molecule has 2 N–H and O–H groups in total. The first-order valence-electron chi connectivity index (χ1n) is 12.0. The van der Waals surface area contributed by atoms with Crippen LogP contribution in [0.3, 0.4) is 0 Å². The highest BCUT2D eigenvalue weighted by Gasteiger charge is 2.34. The summed E-state index contributed by atoms with van der Waals surface area (Å²) in [5.74, 6) is 1.19. The van der Waals surface area contributed by atoms with Crippen LogP contribution in [0.1, 0.15) is 44.2 Å². The Hall–Kier alpha value is -2.24. The lowest BCUT2D eigenvalue weighted by Gasteiger charge is -2.35. The molecule has 0 spiro atoms. The second-order valence-electron chi connectivity index (χ2n) is 9.73. The van der Waals surface area contributed by atoms with Gasteiger partial charge in [0.1, 0.15) is 5.82 Å². The van der Waals surface area contributed by atoms with Crippen LogP contribution in [0.25, 0.3) is 11.3 Å². The normalized spacial score (nSPS) is 24.4. The van der Waals surface area contributed by atoms with E-state index in [0.29, 0.717) is 37.3 Å². The topological polar surface area (TPSA) is 100 Å². The Bertz CT molecular complexity index is 1010. The van der Waals surface area contributed by atoms with Gasteiger partial charge < -0.3 is 19.9 Å². The van der Waals surface area contributed by atoms with Crippen molar-refractivity contribution in [2.24, 2.45) is 11.3 Å². The van der Waals surface area contributed by atoms with E-state index in [1.54, 1.807) is 13.3 Å². The minimum atomic E-state index is -0.698. The quantitative estimate of drug-likeness (QED) is 0.562. The van der Waals surface area contributed by atoms with Gasteiger partial charge in [0.25, 0.3) is 0 Å². The number of nitriles is 1. The maximum Gasteiger partial charge on any atom is 0.126 e. The number of rotatable bonds is 8. The van der Waals surface area contributed by atoms with Gasteiger partial charge >= 0.3 is 0 Å². The van der Waals surface area contributed by atoms with Crippen LogP contribution in [0.4, 0.5) is 5.82 Å². The summed E-state index contributed by atoms with van der Waals surface area (Å²) in [5.41, 5.74) is 1.48. The lowest BCUT2D eigenvalue weighted by atomic mass is 9.77. The fraction of sp³-hybridized carbons (Fsp3) is 0.577. The predicted molar refractivity (Wildman–Crippen MR) is 132 cm³/mol. The highest BCUT2D eigenvalue weighted by Crippen LogP contribution is 2.35. The van der Waals surface area contributed by atoms with Gasteiger partial charge in [0.2, 0.25) is 0 Å². The summed E-state index contributed by atoms with van der Waals surface area (Å²) in [6.45, 7) is 2.16. The molecule has 1 saturated heterocycles. The van der Waals surface area contributed by atoms with Crippen LogP contribution < -0.4 is 5.32 Å². The van der Waals surface area contributed by atoms with Crippen molar-refractivity contribution in [2.45, 2.75) is 50.5 Å². The number of methoxy groups -OCH3 is 1. The minimum absolute atomic E-state index is 0.391. The van der Waals surface area contributed by atoms with Crippen molar-refractivity contribution in [3.8, 4) is 17.3 Å². The Morgan fingerprint density at radius 1 is 1.26 bits per heavy atom. The number of nitrogens with zero attached hydrogens (tertiary/aromatic N) is 3. The molecule has 2 aromatic heterocycles. The fourth-order valence-corrected chi connectivity index (χ4v) is 5.15. The maximum atomic E-state index is 10.6. The van der Waals surface area contributed by atoms with E-state index in [1.807, 2.05) is 24.3 Å². The molecular formula is C26H33ClN4O3.